The molecule has 4 nitrogen and oxygen atoms in total. The molecular formula is C25H28N4. The summed E-state index contributed by atoms with van der Waals surface area (Å²) in [5.74, 6) is 1.71. The number of imidazole rings is 1. The molecule has 0 fully saturated rings. The summed E-state index contributed by atoms with van der Waals surface area (Å²) in [5, 5.41) is 3.62. The Morgan fingerprint density at radius 1 is 0.897 bits per heavy atom. The third-order valence-corrected chi connectivity index (χ3v) is 5.23. The van der Waals surface area contributed by atoms with Crippen LogP contribution in [0.25, 0.3) is 17.0 Å². The minimum Gasteiger partial charge on any atom is -0.365 e. The van der Waals surface area contributed by atoms with E-state index in [9.17, 15) is 0 Å². The maximum absolute atomic E-state index is 4.90. The molecule has 2 aromatic heterocycles. The number of aryl methyl sites for hydroxylation is 2. The van der Waals surface area contributed by atoms with E-state index in [2.05, 4.69) is 97.0 Å². The Labute approximate surface area is 172 Å². The highest BCUT2D eigenvalue weighted by Gasteiger charge is 2.18. The van der Waals surface area contributed by atoms with E-state index in [1.165, 1.54) is 11.1 Å². The van der Waals surface area contributed by atoms with E-state index in [4.69, 9.17) is 4.98 Å². The molecule has 2 heterocycles. The first-order valence-electron chi connectivity index (χ1n) is 10.1. The zero-order chi connectivity index (χ0) is 20.6. The lowest BCUT2D eigenvalue weighted by molar-refractivity contribution is 0.590. The minimum absolute atomic E-state index is 0.126. The number of fused-ring (bicyclic) bond motifs is 1. The monoisotopic (exact) mass is 384 g/mol. The van der Waals surface area contributed by atoms with Crippen molar-refractivity contribution in [3.63, 3.8) is 0 Å². The van der Waals surface area contributed by atoms with E-state index < -0.39 is 0 Å². The Morgan fingerprint density at radius 3 is 2.24 bits per heavy atom. The van der Waals surface area contributed by atoms with Gasteiger partial charge in [0.1, 0.15) is 11.5 Å². The van der Waals surface area contributed by atoms with E-state index in [0.717, 1.165) is 40.8 Å². The lowest BCUT2D eigenvalue weighted by atomic mass is 9.86. The van der Waals surface area contributed by atoms with Crippen molar-refractivity contribution >= 4 is 11.6 Å². The molecule has 4 heteroatoms. The summed E-state index contributed by atoms with van der Waals surface area (Å²) < 4.78 is 2.11. The van der Waals surface area contributed by atoms with Gasteiger partial charge in [-0.05, 0) is 36.5 Å². The van der Waals surface area contributed by atoms with Gasteiger partial charge in [0.25, 0.3) is 0 Å². The number of hydrogen-bond donors (Lipinski definition) is 1. The lowest BCUT2D eigenvalue weighted by Crippen LogP contribution is -2.10. The van der Waals surface area contributed by atoms with E-state index in [0.29, 0.717) is 0 Å². The van der Waals surface area contributed by atoms with Crippen LogP contribution in [0.3, 0.4) is 0 Å². The normalized spacial score (nSPS) is 11.8. The maximum Gasteiger partial charge on any atom is 0.236 e. The summed E-state index contributed by atoms with van der Waals surface area (Å²) in [5.41, 5.74) is 6.79. The molecule has 0 radical (unpaired) electrons. The van der Waals surface area contributed by atoms with Crippen molar-refractivity contribution in [2.75, 3.05) is 5.32 Å². The van der Waals surface area contributed by atoms with E-state index in [-0.39, 0.29) is 5.41 Å². The van der Waals surface area contributed by atoms with E-state index in [1.807, 2.05) is 13.0 Å². The zero-order valence-electron chi connectivity index (χ0n) is 17.8. The van der Waals surface area contributed by atoms with Crippen molar-refractivity contribution in [2.24, 2.45) is 0 Å². The van der Waals surface area contributed by atoms with Crippen LogP contribution < -0.4 is 5.32 Å². The zero-order valence-corrected chi connectivity index (χ0v) is 17.8. The standard InChI is InChI=1S/C25H28N4/c1-17-15-18(2)29-23(26-16-19-9-7-6-8-10-19)22(28-24(29)27-17)20-11-13-21(14-12-20)25(3,4)5/h6-15,26H,16H2,1-5H3. The van der Waals surface area contributed by atoms with Gasteiger partial charge in [0.2, 0.25) is 5.78 Å². The van der Waals surface area contributed by atoms with Crippen molar-refractivity contribution in [3.05, 3.63) is 83.2 Å². The van der Waals surface area contributed by atoms with Crippen LogP contribution in [-0.2, 0) is 12.0 Å². The van der Waals surface area contributed by atoms with Gasteiger partial charge in [-0.25, -0.2) is 9.97 Å². The van der Waals surface area contributed by atoms with Gasteiger partial charge < -0.3 is 5.32 Å². The summed E-state index contributed by atoms with van der Waals surface area (Å²) in [6.45, 7) is 11.5. The summed E-state index contributed by atoms with van der Waals surface area (Å²) >= 11 is 0. The fourth-order valence-corrected chi connectivity index (χ4v) is 3.65. The van der Waals surface area contributed by atoms with Gasteiger partial charge in [0.05, 0.1) is 0 Å². The molecule has 0 aliphatic heterocycles. The van der Waals surface area contributed by atoms with Gasteiger partial charge in [-0.1, -0.05) is 75.4 Å². The Morgan fingerprint density at radius 2 is 1.59 bits per heavy atom. The maximum atomic E-state index is 4.90. The molecule has 0 unspecified atom stereocenters. The topological polar surface area (TPSA) is 42.2 Å². The Bertz CT molecular complexity index is 1130. The molecule has 1 N–H and O–H groups in total. The predicted octanol–water partition coefficient (Wildman–Crippen LogP) is 5.92. The average molecular weight is 385 g/mol. The molecule has 0 spiro atoms. The van der Waals surface area contributed by atoms with Crippen LogP contribution in [0.4, 0.5) is 5.82 Å². The summed E-state index contributed by atoms with van der Waals surface area (Å²) in [7, 11) is 0. The van der Waals surface area contributed by atoms with Crippen LogP contribution in [0.15, 0.2) is 60.7 Å². The number of aromatic nitrogens is 3. The van der Waals surface area contributed by atoms with Gasteiger partial charge in [-0.15, -0.1) is 0 Å². The first kappa shape index (κ1) is 19.2. The van der Waals surface area contributed by atoms with Crippen LogP contribution in [0.2, 0.25) is 0 Å². The lowest BCUT2D eigenvalue weighted by Gasteiger charge is -2.19. The highest BCUT2D eigenvalue weighted by atomic mass is 15.2. The smallest absolute Gasteiger partial charge is 0.236 e. The fourth-order valence-electron chi connectivity index (χ4n) is 3.65. The quantitative estimate of drug-likeness (QED) is 0.475. The number of rotatable bonds is 4. The molecule has 0 aliphatic rings. The molecule has 0 saturated carbocycles. The first-order chi connectivity index (χ1) is 13.8. The molecular weight excluding hydrogens is 356 g/mol. The second-order valence-electron chi connectivity index (χ2n) is 8.65. The Hall–Kier alpha value is -3.14. The largest absolute Gasteiger partial charge is 0.365 e. The molecule has 0 saturated heterocycles. The van der Waals surface area contributed by atoms with Crippen LogP contribution in [0, 0.1) is 13.8 Å². The van der Waals surface area contributed by atoms with Gasteiger partial charge in [0.15, 0.2) is 0 Å². The van der Waals surface area contributed by atoms with Crippen molar-refractivity contribution < 1.29 is 0 Å². The SMILES string of the molecule is Cc1cc(C)n2c(NCc3ccccc3)c(-c3ccc(C(C)(C)C)cc3)nc2n1. The molecule has 0 atom stereocenters. The van der Waals surface area contributed by atoms with Gasteiger partial charge in [0, 0.05) is 23.5 Å². The second-order valence-corrected chi connectivity index (χ2v) is 8.65. The summed E-state index contributed by atoms with van der Waals surface area (Å²) in [6.07, 6.45) is 0. The predicted molar refractivity (Wildman–Crippen MR) is 120 cm³/mol. The molecule has 2 aromatic carbocycles. The second kappa shape index (κ2) is 7.36. The third-order valence-electron chi connectivity index (χ3n) is 5.23. The van der Waals surface area contributed by atoms with Crippen molar-refractivity contribution in [3.8, 4) is 11.3 Å². The number of nitrogens with zero attached hydrogens (tertiary/aromatic N) is 3. The van der Waals surface area contributed by atoms with Gasteiger partial charge in [-0.3, -0.25) is 4.40 Å². The molecule has 148 valence electrons. The highest BCUT2D eigenvalue weighted by molar-refractivity contribution is 5.76. The fraction of sp³-hybridized carbons (Fsp3) is 0.280. The Kier molecular flexibility index (Phi) is 4.87. The molecule has 4 aromatic rings. The first-order valence-corrected chi connectivity index (χ1v) is 10.1. The van der Waals surface area contributed by atoms with E-state index in [1.54, 1.807) is 0 Å². The summed E-state index contributed by atoms with van der Waals surface area (Å²) in [6, 6.07) is 21.2. The van der Waals surface area contributed by atoms with Crippen LogP contribution in [0.1, 0.15) is 43.3 Å². The molecule has 0 aliphatic carbocycles. The minimum atomic E-state index is 0.126. The van der Waals surface area contributed by atoms with Crippen molar-refractivity contribution in [1.29, 1.82) is 0 Å². The molecule has 0 amide bonds. The van der Waals surface area contributed by atoms with Crippen LogP contribution in [-0.4, -0.2) is 14.4 Å². The number of hydrogen-bond acceptors (Lipinski definition) is 3. The van der Waals surface area contributed by atoms with Crippen molar-refractivity contribution in [1.82, 2.24) is 14.4 Å². The third kappa shape index (κ3) is 3.88. The van der Waals surface area contributed by atoms with E-state index >= 15 is 0 Å². The summed E-state index contributed by atoms with van der Waals surface area (Å²) in [4.78, 5) is 9.57. The molecule has 0 bridgehead atoms. The Balaban J connectivity index is 1.81. The average Bonchev–Trinajstić information content (AvgIpc) is 3.05. The number of anilines is 1. The molecule has 29 heavy (non-hydrogen) atoms. The van der Waals surface area contributed by atoms with Crippen LogP contribution >= 0.6 is 0 Å². The van der Waals surface area contributed by atoms with Gasteiger partial charge >= 0.3 is 0 Å². The van der Waals surface area contributed by atoms with Crippen molar-refractivity contribution in [2.45, 2.75) is 46.6 Å². The molecule has 4 rings (SSSR count). The number of nitrogens with one attached hydrogen (secondary N) is 1. The number of benzene rings is 2. The van der Waals surface area contributed by atoms with Crippen LogP contribution in [0.5, 0.6) is 0 Å². The van der Waals surface area contributed by atoms with Gasteiger partial charge in [-0.2, -0.15) is 0 Å². The highest BCUT2D eigenvalue weighted by Crippen LogP contribution is 2.32.